The number of primary amides is 1. The Labute approximate surface area is 315 Å². The van der Waals surface area contributed by atoms with Crippen molar-refractivity contribution in [2.45, 2.75) is 55.0 Å². The SMILES string of the molecule is CC1(c2cc(Br)cc(C[C@H](NC(=O)c3cc(Br)cc(C4(C(F)(F)F)N=N4)c3)C(=O)N[C@@H](Cc3ccc(C(F)(F)P(=O)(O)O)c(Br)c3)C(N)=O)c2)N=N1. The van der Waals surface area contributed by atoms with Crippen LogP contribution in [0.2, 0.25) is 0 Å². The van der Waals surface area contributed by atoms with Crippen molar-refractivity contribution in [3.63, 3.8) is 0 Å². The zero-order valence-corrected chi connectivity index (χ0v) is 31.8. The van der Waals surface area contributed by atoms with Gasteiger partial charge in [-0.2, -0.15) is 32.2 Å². The molecule has 0 radical (unpaired) electrons. The van der Waals surface area contributed by atoms with Gasteiger partial charge in [-0.15, -0.1) is 10.2 Å². The maximum atomic E-state index is 14.4. The molecule has 2 heterocycles. The minimum atomic E-state index is -5.90. The van der Waals surface area contributed by atoms with Crippen LogP contribution in [0.25, 0.3) is 0 Å². The molecular weight excluding hydrogens is 920 g/mol. The van der Waals surface area contributed by atoms with Crippen molar-refractivity contribution >= 4 is 73.1 Å². The quantitative estimate of drug-likeness (QED) is 0.0945. The number of nitrogens with one attached hydrogen (secondary N) is 2. The van der Waals surface area contributed by atoms with E-state index in [1.807, 2.05) is 0 Å². The minimum absolute atomic E-state index is 0.0865. The average Bonchev–Trinajstić information content (AvgIpc) is 3.95. The molecule has 0 unspecified atom stereocenters. The van der Waals surface area contributed by atoms with E-state index >= 15 is 0 Å². The molecule has 0 bridgehead atoms. The summed E-state index contributed by atoms with van der Waals surface area (Å²) in [5.74, 6) is -3.00. The standard InChI is InChI=1S/C30H24Br3F5N7O6P/c1-27(42-43-27)16-4-14(5-18(31)11-16)8-23(41-25(47)15-9-17(12-19(32)10-15)28(44-45-28)30(36,37)38)26(48)40-22(24(39)46)7-13-2-3-20(21(33)6-13)29(34,35)52(49,50)51/h2-6,9-12,22-23H,7-8H2,1H3,(H2,39,46)(H,40,48)(H,41,47)(H2,49,50,51)/t22-,23-/m0/s1. The predicted octanol–water partition coefficient (Wildman–Crippen LogP) is 6.57. The number of carbonyl (C=O) groups excluding carboxylic acids is 3. The van der Waals surface area contributed by atoms with E-state index in [1.54, 1.807) is 25.1 Å². The third-order valence-electron chi connectivity index (χ3n) is 8.05. The summed E-state index contributed by atoms with van der Waals surface area (Å²) in [5.41, 5.74) is -3.17. The first-order chi connectivity index (χ1) is 24.0. The molecule has 276 valence electrons. The van der Waals surface area contributed by atoms with E-state index in [0.717, 1.165) is 30.3 Å². The minimum Gasteiger partial charge on any atom is -0.368 e. The van der Waals surface area contributed by atoms with Crippen molar-refractivity contribution in [2.75, 3.05) is 0 Å². The highest BCUT2D eigenvalue weighted by Crippen LogP contribution is 2.60. The normalized spacial score (nSPS) is 16.9. The van der Waals surface area contributed by atoms with Crippen molar-refractivity contribution in [1.29, 1.82) is 0 Å². The van der Waals surface area contributed by atoms with Crippen molar-refractivity contribution in [1.82, 2.24) is 10.6 Å². The molecular formula is C30H24Br3F5N7O6P. The number of carbonyl (C=O) groups is 3. The Balaban J connectivity index is 1.43. The van der Waals surface area contributed by atoms with Crippen LogP contribution in [-0.4, -0.2) is 45.8 Å². The number of alkyl halides is 5. The van der Waals surface area contributed by atoms with Crippen LogP contribution >= 0.6 is 55.4 Å². The maximum absolute atomic E-state index is 14.4. The highest BCUT2D eigenvalue weighted by Gasteiger charge is 2.65. The molecule has 22 heteroatoms. The number of nitrogens with zero attached hydrogens (tertiary/aromatic N) is 4. The van der Waals surface area contributed by atoms with Gasteiger partial charge in [-0.25, -0.2) is 0 Å². The number of nitrogens with two attached hydrogens (primary N) is 1. The topological polar surface area (TPSA) is 208 Å². The second-order valence-corrected chi connectivity index (χ2v) is 16.3. The van der Waals surface area contributed by atoms with Gasteiger partial charge in [0.25, 0.3) is 5.91 Å². The van der Waals surface area contributed by atoms with Gasteiger partial charge in [0.1, 0.15) is 12.1 Å². The molecule has 0 saturated heterocycles. The molecule has 0 spiro atoms. The number of benzene rings is 3. The highest BCUT2D eigenvalue weighted by atomic mass is 79.9. The van der Waals surface area contributed by atoms with Crippen LogP contribution in [0.4, 0.5) is 22.0 Å². The summed E-state index contributed by atoms with van der Waals surface area (Å²) in [7, 11) is -5.90. The van der Waals surface area contributed by atoms with Crippen LogP contribution in [0.15, 0.2) is 88.5 Å². The summed E-state index contributed by atoms with van der Waals surface area (Å²) in [6.07, 6.45) is -5.49. The van der Waals surface area contributed by atoms with E-state index in [0.29, 0.717) is 15.6 Å². The molecule has 3 aromatic rings. The average molecular weight is 944 g/mol. The second-order valence-electron chi connectivity index (χ2n) is 12.0. The van der Waals surface area contributed by atoms with Crippen molar-refractivity contribution in [3.8, 4) is 0 Å². The fourth-order valence-electron chi connectivity index (χ4n) is 5.10. The van der Waals surface area contributed by atoms with E-state index in [2.05, 4.69) is 78.9 Å². The lowest BCUT2D eigenvalue weighted by atomic mass is 9.97. The van der Waals surface area contributed by atoms with E-state index in [4.69, 9.17) is 15.5 Å². The van der Waals surface area contributed by atoms with Crippen LogP contribution in [-0.2, 0) is 44.0 Å². The van der Waals surface area contributed by atoms with Gasteiger partial charge in [0.15, 0.2) is 0 Å². The third-order valence-corrected chi connectivity index (χ3v) is 10.6. The van der Waals surface area contributed by atoms with Crippen LogP contribution < -0.4 is 16.4 Å². The molecule has 0 aromatic heterocycles. The Morgan fingerprint density at radius 3 is 1.96 bits per heavy atom. The number of amides is 3. The Hall–Kier alpha value is -3.49. The van der Waals surface area contributed by atoms with Crippen LogP contribution in [0.3, 0.4) is 0 Å². The van der Waals surface area contributed by atoms with Crippen LogP contribution in [0, 0.1) is 0 Å². The highest BCUT2D eigenvalue weighted by molar-refractivity contribution is 9.11. The van der Waals surface area contributed by atoms with Gasteiger partial charge in [-0.1, -0.05) is 66.0 Å². The Kier molecular flexibility index (Phi) is 10.7. The number of halogens is 8. The maximum Gasteiger partial charge on any atom is 0.442 e. The Morgan fingerprint density at radius 2 is 1.42 bits per heavy atom. The summed E-state index contributed by atoms with van der Waals surface area (Å²) in [6.45, 7) is 1.73. The molecule has 52 heavy (non-hydrogen) atoms. The van der Waals surface area contributed by atoms with E-state index in [-0.39, 0.29) is 28.4 Å². The van der Waals surface area contributed by atoms with Gasteiger partial charge in [0.05, 0.1) is 0 Å². The van der Waals surface area contributed by atoms with Crippen molar-refractivity contribution in [2.24, 2.45) is 26.2 Å². The molecule has 2 aliphatic heterocycles. The van der Waals surface area contributed by atoms with E-state index in [1.165, 1.54) is 6.07 Å². The molecule has 2 atom stereocenters. The molecule has 13 nitrogen and oxygen atoms in total. The number of hydrogen-bond donors (Lipinski definition) is 5. The lowest BCUT2D eigenvalue weighted by Gasteiger charge is -2.24. The Bertz CT molecular complexity index is 2090. The molecule has 6 N–H and O–H groups in total. The first kappa shape index (κ1) is 39.7. The van der Waals surface area contributed by atoms with E-state index < -0.39 is 76.2 Å². The van der Waals surface area contributed by atoms with Crippen LogP contribution in [0.1, 0.15) is 45.1 Å². The van der Waals surface area contributed by atoms with E-state index in [9.17, 15) is 40.9 Å². The van der Waals surface area contributed by atoms with Crippen molar-refractivity contribution in [3.05, 3.63) is 101 Å². The summed E-state index contributed by atoms with van der Waals surface area (Å²) in [6, 6.07) is 8.18. The Morgan fingerprint density at radius 1 is 0.827 bits per heavy atom. The zero-order chi connectivity index (χ0) is 38.6. The second kappa shape index (κ2) is 14.1. The summed E-state index contributed by atoms with van der Waals surface area (Å²) in [4.78, 5) is 58.1. The lowest BCUT2D eigenvalue weighted by molar-refractivity contribution is -0.166. The summed E-state index contributed by atoms with van der Waals surface area (Å²) >= 11 is 9.35. The molecule has 3 amide bonds. The number of rotatable bonds is 13. The van der Waals surface area contributed by atoms with Gasteiger partial charge < -0.3 is 26.2 Å². The third kappa shape index (κ3) is 8.33. The molecule has 0 fully saturated rings. The smallest absolute Gasteiger partial charge is 0.368 e. The van der Waals surface area contributed by atoms with Gasteiger partial charge in [-0.05, 0) is 54.4 Å². The van der Waals surface area contributed by atoms with Gasteiger partial charge in [-0.3, -0.25) is 18.9 Å². The fourth-order valence-corrected chi connectivity index (χ4v) is 7.47. The van der Waals surface area contributed by atoms with Gasteiger partial charge in [0, 0.05) is 48.5 Å². The summed E-state index contributed by atoms with van der Waals surface area (Å²) < 4.78 is 81.6. The molecule has 2 aliphatic rings. The first-order valence-electron chi connectivity index (χ1n) is 14.6. The summed E-state index contributed by atoms with van der Waals surface area (Å²) in [5, 5.41) is 19.3. The molecule has 5 rings (SSSR count). The largest absolute Gasteiger partial charge is 0.442 e. The van der Waals surface area contributed by atoms with Crippen molar-refractivity contribution < 1.29 is 50.7 Å². The van der Waals surface area contributed by atoms with Crippen LogP contribution in [0.5, 0.6) is 0 Å². The van der Waals surface area contributed by atoms with Gasteiger partial charge >= 0.3 is 25.1 Å². The molecule has 0 saturated carbocycles. The first-order valence-corrected chi connectivity index (χ1v) is 18.6. The lowest BCUT2D eigenvalue weighted by Crippen LogP contribution is -2.54. The fraction of sp³-hybridized carbons (Fsp3) is 0.300. The van der Waals surface area contributed by atoms with Gasteiger partial charge in [0.2, 0.25) is 17.5 Å². The predicted molar refractivity (Wildman–Crippen MR) is 183 cm³/mol. The zero-order valence-electron chi connectivity index (χ0n) is 26.1. The molecule has 0 aliphatic carbocycles. The monoisotopic (exact) mass is 941 g/mol. The molecule has 3 aromatic carbocycles. The number of hydrogen-bond acceptors (Lipinski definition) is 8.